The number of pyridine rings is 1. The van der Waals surface area contributed by atoms with Crippen LogP contribution in [0.1, 0.15) is 114 Å². The van der Waals surface area contributed by atoms with E-state index in [0.29, 0.717) is 17.0 Å². The summed E-state index contributed by atoms with van der Waals surface area (Å²) in [5.41, 5.74) is 17.8. The molecule has 0 saturated heterocycles. The summed E-state index contributed by atoms with van der Waals surface area (Å²) in [7, 11) is 0. The molecule has 0 fully saturated rings. The van der Waals surface area contributed by atoms with E-state index in [-0.39, 0.29) is 48.5 Å². The molecule has 2 aromatic heterocycles. The number of aromatic hydroxyl groups is 1. The van der Waals surface area contributed by atoms with Crippen molar-refractivity contribution >= 4 is 11.0 Å². The molecule has 2 heterocycles. The number of phenolic OH excluding ortho intramolecular Hbond substituents is 1. The van der Waals surface area contributed by atoms with Crippen LogP contribution in [0, 0.1) is 12.9 Å². The van der Waals surface area contributed by atoms with Gasteiger partial charge in [0.1, 0.15) is 11.6 Å². The first-order chi connectivity index (χ1) is 33.4. The van der Waals surface area contributed by atoms with Crippen LogP contribution in [0.5, 0.6) is 5.75 Å². The van der Waals surface area contributed by atoms with Gasteiger partial charge in [-0.05, 0) is 97.8 Å². The number of phenols is 1. The molecule has 0 atom stereocenters. The summed E-state index contributed by atoms with van der Waals surface area (Å²) in [6.45, 7) is 22.2. The van der Waals surface area contributed by atoms with Gasteiger partial charge in [0.05, 0.1) is 22.3 Å². The molecule has 69 heavy (non-hydrogen) atoms. The fourth-order valence-corrected chi connectivity index (χ4v) is 10.2. The van der Waals surface area contributed by atoms with Gasteiger partial charge in [-0.2, -0.15) is 0 Å². The number of rotatable bonds is 6. The normalized spacial score (nSPS) is 14.1. The number of aromatic nitrogens is 3. The number of nitrogens with zero attached hydrogens (tertiary/aromatic N) is 3. The average Bonchev–Trinajstić information content (AvgIpc) is 3.82. The molecule has 10 rings (SSSR count). The fraction of sp³-hybridized carbons (Fsp3) is 0.250. The molecular formula is C64H62N3OPt-. The van der Waals surface area contributed by atoms with E-state index in [1.54, 1.807) is 12.1 Å². The summed E-state index contributed by atoms with van der Waals surface area (Å²) in [5.74, 6) is 0.870. The minimum Gasteiger partial charge on any atom is -0.507 e. The first kappa shape index (κ1) is 43.9. The summed E-state index contributed by atoms with van der Waals surface area (Å²) < 4.78 is 26.1. The van der Waals surface area contributed by atoms with Crippen molar-refractivity contribution in [3.8, 4) is 78.6 Å². The van der Waals surface area contributed by atoms with Crippen LogP contribution in [-0.2, 0) is 42.7 Å². The second-order valence-electron chi connectivity index (χ2n) is 22.2. The molecule has 1 aliphatic carbocycles. The van der Waals surface area contributed by atoms with Crippen molar-refractivity contribution in [1.29, 1.82) is 0 Å². The third kappa shape index (κ3) is 8.39. The maximum absolute atomic E-state index is 12.7. The minimum absolute atomic E-state index is 0. The van der Waals surface area contributed by atoms with Gasteiger partial charge >= 0.3 is 0 Å². The van der Waals surface area contributed by atoms with E-state index in [0.717, 1.165) is 83.6 Å². The van der Waals surface area contributed by atoms with Crippen LogP contribution >= 0.6 is 0 Å². The van der Waals surface area contributed by atoms with E-state index in [2.05, 4.69) is 202 Å². The summed E-state index contributed by atoms with van der Waals surface area (Å²) >= 11 is 0. The van der Waals surface area contributed by atoms with Crippen molar-refractivity contribution in [2.24, 2.45) is 0 Å². The van der Waals surface area contributed by atoms with E-state index in [9.17, 15) is 5.11 Å². The molecule has 0 aliphatic heterocycles. The van der Waals surface area contributed by atoms with Crippen molar-refractivity contribution in [2.75, 3.05) is 0 Å². The van der Waals surface area contributed by atoms with Crippen LogP contribution in [-0.4, -0.2) is 19.6 Å². The topological polar surface area (TPSA) is 50.9 Å². The van der Waals surface area contributed by atoms with Crippen LogP contribution in [0.15, 0.2) is 152 Å². The Hall–Kier alpha value is -6.35. The van der Waals surface area contributed by atoms with E-state index >= 15 is 0 Å². The maximum Gasteiger partial charge on any atom is 0.148 e. The maximum atomic E-state index is 12.7. The third-order valence-corrected chi connectivity index (χ3v) is 14.0. The van der Waals surface area contributed by atoms with Gasteiger partial charge < -0.3 is 5.11 Å². The molecule has 0 amide bonds. The molecule has 0 saturated carbocycles. The molecule has 1 aliphatic rings. The smallest absolute Gasteiger partial charge is 0.148 e. The fourth-order valence-electron chi connectivity index (χ4n) is 10.2. The number of hydrogen-bond acceptors (Lipinski definition) is 3. The number of imidazole rings is 1. The monoisotopic (exact) mass is 1090 g/mol. The predicted octanol–water partition coefficient (Wildman–Crippen LogP) is 16.8. The van der Waals surface area contributed by atoms with Crippen molar-refractivity contribution in [3.05, 3.63) is 191 Å². The second-order valence-corrected chi connectivity index (χ2v) is 22.2. The van der Waals surface area contributed by atoms with E-state index in [4.69, 9.17) is 14.1 Å². The molecule has 0 unspecified atom stereocenters. The minimum atomic E-state index is -2.19. The Morgan fingerprint density at radius 3 is 1.97 bits per heavy atom. The summed E-state index contributed by atoms with van der Waals surface area (Å²) in [6.07, 6.45) is 1.83. The first-order valence-corrected chi connectivity index (χ1v) is 23.8. The van der Waals surface area contributed by atoms with Crippen molar-refractivity contribution in [3.63, 3.8) is 0 Å². The van der Waals surface area contributed by atoms with Gasteiger partial charge in [0.2, 0.25) is 0 Å². The Morgan fingerprint density at radius 1 is 0.594 bits per heavy atom. The van der Waals surface area contributed by atoms with Crippen molar-refractivity contribution < 1.29 is 30.3 Å². The van der Waals surface area contributed by atoms with Crippen LogP contribution in [0.4, 0.5) is 0 Å². The van der Waals surface area contributed by atoms with Gasteiger partial charge in [-0.25, -0.2) is 4.98 Å². The number of aryl methyl sites for hydroxylation is 1. The largest absolute Gasteiger partial charge is 0.507 e. The van der Waals surface area contributed by atoms with Crippen molar-refractivity contribution in [1.82, 2.24) is 14.5 Å². The number of hydrogen-bond donors (Lipinski definition) is 1. The third-order valence-electron chi connectivity index (χ3n) is 14.0. The van der Waals surface area contributed by atoms with Gasteiger partial charge in [0, 0.05) is 48.2 Å². The predicted molar refractivity (Wildman–Crippen MR) is 285 cm³/mol. The molecule has 5 heteroatoms. The molecule has 7 aromatic carbocycles. The molecule has 4 nitrogen and oxygen atoms in total. The molecular weight excluding hydrogens is 1020 g/mol. The van der Waals surface area contributed by atoms with Crippen LogP contribution in [0.3, 0.4) is 0 Å². The van der Waals surface area contributed by atoms with Crippen LogP contribution in [0.2, 0.25) is 0 Å². The molecule has 0 radical (unpaired) electrons. The Morgan fingerprint density at radius 2 is 1.28 bits per heavy atom. The second kappa shape index (κ2) is 17.3. The Balaban J connectivity index is 0.00000640. The number of fused-ring (bicyclic) bond motifs is 4. The van der Waals surface area contributed by atoms with Crippen molar-refractivity contribution in [2.45, 2.75) is 105 Å². The zero-order valence-corrected chi connectivity index (χ0v) is 43.8. The van der Waals surface area contributed by atoms with Gasteiger partial charge in [-0.15, -0.1) is 17.7 Å². The quantitative estimate of drug-likeness (QED) is 0.169. The zero-order chi connectivity index (χ0) is 50.6. The van der Waals surface area contributed by atoms with Gasteiger partial charge in [0.15, 0.2) is 0 Å². The summed E-state index contributed by atoms with van der Waals surface area (Å²) in [6, 6.07) is 54.1. The van der Waals surface area contributed by atoms with Gasteiger partial charge in [0.25, 0.3) is 0 Å². The van der Waals surface area contributed by atoms with Gasteiger partial charge in [-0.3, -0.25) is 9.55 Å². The summed E-state index contributed by atoms with van der Waals surface area (Å²) in [4.78, 5) is 10.8. The first-order valence-electron chi connectivity index (χ1n) is 25.3. The Labute approximate surface area is 428 Å². The summed E-state index contributed by atoms with van der Waals surface area (Å²) in [5, 5.41) is 12.7. The Kier molecular flexibility index (Phi) is 11.0. The molecule has 0 spiro atoms. The molecule has 1 N–H and O–H groups in total. The van der Waals surface area contributed by atoms with Gasteiger partial charge in [-0.1, -0.05) is 213 Å². The van der Waals surface area contributed by atoms with E-state index in [1.807, 2.05) is 24.4 Å². The number of para-hydroxylation sites is 1. The standard InChI is InChI=1S/C64H62N3O.Pt/c1-39-25-27-40(28-26-39)42-31-32-65-54(35-42)50-34-43(33-49-47-21-16-17-23-52(47)64(11,12)57(49)50)46-22-18-24-56-58(46)66-60(51-37-45(62(5,6)7)38-53(59(51)68)63(8,9)10)67(56)55-30-29-44(61(2,3)4)36-48(55)41-19-14-13-15-20-41;/h13-33,35-38,68H,1-12H3;/q-1;/i1D3;. The molecule has 9 aromatic rings. The molecule has 0 bridgehead atoms. The van der Waals surface area contributed by atoms with Crippen LogP contribution in [0.25, 0.3) is 83.9 Å². The number of benzene rings is 7. The SMILES string of the molecule is [2H]C([2H])([2H])c1ccc(-c2ccnc(-c3[c-]c(-c4cccc5c4nc(-c4cc(C(C)(C)C)cc(C(C)(C)C)c4O)n5-c4ccc(C(C)(C)C)cc4-c4ccccc4)cc4c3C(C)(C)c3ccccc3-4)c2)cc1.[Pt]. The van der Waals surface area contributed by atoms with Crippen LogP contribution < -0.4 is 0 Å². The van der Waals surface area contributed by atoms with E-state index in [1.165, 1.54) is 16.7 Å². The average molecular weight is 1090 g/mol. The Bertz CT molecular complexity index is 3550. The van der Waals surface area contributed by atoms with E-state index < -0.39 is 6.85 Å². The molecule has 350 valence electrons. The zero-order valence-electron chi connectivity index (χ0n) is 44.5.